The third-order valence-corrected chi connectivity index (χ3v) is 10.3. The quantitative estimate of drug-likeness (QED) is 0.0328. The average Bonchev–Trinajstić information content (AvgIpc) is 3.74. The number of ether oxygens (including phenoxy) is 3. The summed E-state index contributed by atoms with van der Waals surface area (Å²) in [7, 11) is 0. The van der Waals surface area contributed by atoms with Crippen LogP contribution in [-0.4, -0.2) is 30.2 Å². The highest BCUT2D eigenvalue weighted by Crippen LogP contribution is 2.21. The Morgan fingerprint density at radius 3 is 1.52 bits per heavy atom. The van der Waals surface area contributed by atoms with E-state index in [1.807, 2.05) is 12.1 Å². The number of hydrogen-bond donors (Lipinski definition) is 2. The van der Waals surface area contributed by atoms with Gasteiger partial charge in [0.2, 0.25) is 0 Å². The Bertz CT molecular complexity index is 1610. The standard InChI is InChI=1S/C48H64N2O5S/c1-2-3-4-5-6-9-12-15-20-37-53-43-31-25-40(26-32-43)46(51)50-48(56)49-42-29-35-45(36-30-42)55-47(52)41-27-33-44(34-28-41)54-38-21-16-13-10-7-8-11-14-17-22-39-23-18-19-24-39/h18-19,23-36,39H,2-17,20-22,37-38H2,1H3,(H2,49,50,51,56). The smallest absolute Gasteiger partial charge is 0.343 e. The first-order valence-corrected chi connectivity index (χ1v) is 21.7. The fourth-order valence-corrected chi connectivity index (χ4v) is 6.89. The first-order chi connectivity index (χ1) is 27.5. The third-order valence-electron chi connectivity index (χ3n) is 10.1. The Kier molecular flexibility index (Phi) is 21.5. The molecule has 3 aromatic rings. The maximum absolute atomic E-state index is 12.8. The van der Waals surface area contributed by atoms with E-state index in [9.17, 15) is 9.59 Å². The van der Waals surface area contributed by atoms with Gasteiger partial charge in [0.15, 0.2) is 5.11 Å². The van der Waals surface area contributed by atoms with Crippen LogP contribution in [0.2, 0.25) is 0 Å². The number of hydrogen-bond acceptors (Lipinski definition) is 6. The van der Waals surface area contributed by atoms with Gasteiger partial charge in [-0.25, -0.2) is 4.79 Å². The van der Waals surface area contributed by atoms with Crippen LogP contribution in [0.15, 0.2) is 97.1 Å². The van der Waals surface area contributed by atoms with Crippen molar-refractivity contribution in [3.63, 3.8) is 0 Å². The second-order valence-corrected chi connectivity index (χ2v) is 15.2. The molecule has 1 amide bonds. The number of esters is 1. The maximum Gasteiger partial charge on any atom is 0.343 e. The molecule has 2 N–H and O–H groups in total. The number of unbranched alkanes of at least 4 members (excludes halogenated alkanes) is 16. The highest BCUT2D eigenvalue weighted by Gasteiger charge is 2.11. The Morgan fingerprint density at radius 1 is 0.554 bits per heavy atom. The molecule has 3 aromatic carbocycles. The lowest BCUT2D eigenvalue weighted by atomic mass is 10.0. The highest BCUT2D eigenvalue weighted by molar-refractivity contribution is 7.80. The largest absolute Gasteiger partial charge is 0.494 e. The summed E-state index contributed by atoms with van der Waals surface area (Å²) in [5.74, 6) is 1.79. The van der Waals surface area contributed by atoms with Crippen molar-refractivity contribution < 1.29 is 23.8 Å². The Balaban J connectivity index is 1.02. The van der Waals surface area contributed by atoms with Gasteiger partial charge in [0.25, 0.3) is 5.91 Å². The molecule has 8 heteroatoms. The molecule has 0 bridgehead atoms. The van der Waals surface area contributed by atoms with E-state index in [-0.39, 0.29) is 11.0 Å². The van der Waals surface area contributed by atoms with E-state index in [0.29, 0.717) is 41.7 Å². The Morgan fingerprint density at radius 2 is 1.00 bits per heavy atom. The van der Waals surface area contributed by atoms with Crippen LogP contribution in [0, 0.1) is 5.92 Å². The van der Waals surface area contributed by atoms with E-state index < -0.39 is 5.97 Å². The average molecular weight is 781 g/mol. The number of anilines is 1. The van der Waals surface area contributed by atoms with Crippen molar-refractivity contribution >= 4 is 34.9 Å². The molecule has 0 aromatic heterocycles. The van der Waals surface area contributed by atoms with Crippen LogP contribution in [0.25, 0.3) is 0 Å². The van der Waals surface area contributed by atoms with Gasteiger partial charge in [-0.1, -0.05) is 134 Å². The van der Waals surface area contributed by atoms with Crippen molar-refractivity contribution in [2.24, 2.45) is 5.92 Å². The summed E-state index contributed by atoms with van der Waals surface area (Å²) in [6, 6.07) is 20.9. The summed E-state index contributed by atoms with van der Waals surface area (Å²) in [4.78, 5) is 25.5. The van der Waals surface area contributed by atoms with Gasteiger partial charge < -0.3 is 19.5 Å². The zero-order valence-corrected chi connectivity index (χ0v) is 34.4. The molecule has 0 atom stereocenters. The van der Waals surface area contributed by atoms with Crippen molar-refractivity contribution in [1.82, 2.24) is 5.32 Å². The molecule has 56 heavy (non-hydrogen) atoms. The first kappa shape index (κ1) is 44.3. The van der Waals surface area contributed by atoms with E-state index in [1.54, 1.807) is 60.7 Å². The van der Waals surface area contributed by atoms with Crippen LogP contribution in [0.4, 0.5) is 5.69 Å². The van der Waals surface area contributed by atoms with Gasteiger partial charge in [0, 0.05) is 11.3 Å². The summed E-state index contributed by atoms with van der Waals surface area (Å²) in [5.41, 5.74) is 1.57. The molecule has 7 nitrogen and oxygen atoms in total. The predicted octanol–water partition coefficient (Wildman–Crippen LogP) is 13.0. The van der Waals surface area contributed by atoms with Gasteiger partial charge in [-0.05, 0) is 110 Å². The Hall–Kier alpha value is -4.43. The number of carbonyl (C=O) groups excluding carboxylic acids is 2. The van der Waals surface area contributed by atoms with Crippen LogP contribution >= 0.6 is 12.2 Å². The van der Waals surface area contributed by atoms with Crippen molar-refractivity contribution in [3.8, 4) is 17.2 Å². The molecule has 0 radical (unpaired) electrons. The number of allylic oxidation sites excluding steroid dienone is 4. The number of amides is 1. The molecule has 0 fully saturated rings. The highest BCUT2D eigenvalue weighted by atomic mass is 32.1. The van der Waals surface area contributed by atoms with Crippen molar-refractivity contribution in [2.75, 3.05) is 18.5 Å². The molecule has 0 aliphatic heterocycles. The molecular formula is C48H64N2O5S. The summed E-state index contributed by atoms with van der Waals surface area (Å²) in [6.07, 6.45) is 33.1. The molecule has 4 rings (SSSR count). The molecular weight excluding hydrogens is 717 g/mol. The molecule has 1 aliphatic carbocycles. The second-order valence-electron chi connectivity index (χ2n) is 14.8. The maximum atomic E-state index is 12.8. The van der Waals surface area contributed by atoms with Crippen molar-refractivity contribution in [1.29, 1.82) is 0 Å². The van der Waals surface area contributed by atoms with Crippen molar-refractivity contribution in [2.45, 2.75) is 129 Å². The lowest BCUT2D eigenvalue weighted by Gasteiger charge is -2.11. The van der Waals surface area contributed by atoms with Gasteiger partial charge in [-0.15, -0.1) is 0 Å². The Labute approximate surface area is 341 Å². The first-order valence-electron chi connectivity index (χ1n) is 21.3. The summed E-state index contributed by atoms with van der Waals surface area (Å²) in [5, 5.41) is 5.87. The number of rotatable bonds is 28. The van der Waals surface area contributed by atoms with Crippen LogP contribution in [-0.2, 0) is 0 Å². The van der Waals surface area contributed by atoms with Gasteiger partial charge in [-0.3, -0.25) is 10.1 Å². The fraction of sp³-hybridized carbons (Fsp3) is 0.479. The normalized spacial score (nSPS) is 12.1. The third kappa shape index (κ3) is 18.5. The van der Waals surface area contributed by atoms with Gasteiger partial charge in [-0.2, -0.15) is 0 Å². The van der Waals surface area contributed by atoms with Gasteiger partial charge >= 0.3 is 5.97 Å². The van der Waals surface area contributed by atoms with Crippen LogP contribution < -0.4 is 24.8 Å². The lowest BCUT2D eigenvalue weighted by Crippen LogP contribution is -2.34. The molecule has 0 saturated carbocycles. The number of carbonyl (C=O) groups is 2. The molecule has 0 spiro atoms. The number of nitrogens with one attached hydrogen (secondary N) is 2. The number of benzene rings is 3. The van der Waals surface area contributed by atoms with Crippen molar-refractivity contribution in [3.05, 3.63) is 108 Å². The van der Waals surface area contributed by atoms with E-state index in [1.165, 1.54) is 109 Å². The molecule has 1 aliphatic rings. The summed E-state index contributed by atoms with van der Waals surface area (Å²) in [6.45, 7) is 3.59. The summed E-state index contributed by atoms with van der Waals surface area (Å²) >= 11 is 5.36. The minimum Gasteiger partial charge on any atom is -0.494 e. The van der Waals surface area contributed by atoms with Crippen LogP contribution in [0.1, 0.15) is 150 Å². The second kappa shape index (κ2) is 27.2. The number of thiocarbonyl (C=S) groups is 1. The van der Waals surface area contributed by atoms with Gasteiger partial charge in [0.05, 0.1) is 18.8 Å². The molecule has 302 valence electrons. The summed E-state index contributed by atoms with van der Waals surface area (Å²) < 4.78 is 17.3. The monoisotopic (exact) mass is 780 g/mol. The minimum absolute atomic E-state index is 0.162. The molecule has 0 saturated heterocycles. The zero-order chi connectivity index (χ0) is 39.5. The van der Waals surface area contributed by atoms with Gasteiger partial charge in [0.1, 0.15) is 17.2 Å². The van der Waals surface area contributed by atoms with E-state index in [4.69, 9.17) is 26.4 Å². The topological polar surface area (TPSA) is 85.9 Å². The predicted molar refractivity (Wildman–Crippen MR) is 234 cm³/mol. The SMILES string of the molecule is CCCCCCCCCCCOc1ccc(C(=O)NC(=S)Nc2ccc(OC(=O)c3ccc(OCCCCCCCCCCCC4C=CC=C4)cc3)cc2)cc1. The van der Waals surface area contributed by atoms with Crippen LogP contribution in [0.3, 0.4) is 0 Å². The fourth-order valence-electron chi connectivity index (χ4n) is 6.68. The lowest BCUT2D eigenvalue weighted by molar-refractivity contribution is 0.0734. The molecule has 0 unspecified atom stereocenters. The molecule has 0 heterocycles. The van der Waals surface area contributed by atoms with E-state index in [0.717, 1.165) is 24.3 Å². The van der Waals surface area contributed by atoms with Crippen LogP contribution in [0.5, 0.6) is 17.2 Å². The zero-order valence-electron chi connectivity index (χ0n) is 33.6. The van der Waals surface area contributed by atoms with E-state index >= 15 is 0 Å². The van der Waals surface area contributed by atoms with E-state index in [2.05, 4.69) is 41.9 Å². The minimum atomic E-state index is -0.455.